The number of hydrogen-bond acceptors (Lipinski definition) is 2. The van der Waals surface area contributed by atoms with Crippen LogP contribution in [0.1, 0.15) is 11.8 Å². The van der Waals surface area contributed by atoms with Gasteiger partial charge in [0.2, 0.25) is 0 Å². The number of aliphatic hydroxyl groups is 1. The summed E-state index contributed by atoms with van der Waals surface area (Å²) in [6.07, 6.45) is 0.854. The first-order valence-electron chi connectivity index (χ1n) is 5.27. The molecule has 0 aliphatic heterocycles. The minimum Gasteiger partial charge on any atom is -0.383 e. The Kier molecular flexibility index (Phi) is 3.86. The number of para-hydroxylation sites is 1. The van der Waals surface area contributed by atoms with Gasteiger partial charge >= 0.3 is 0 Å². The quantitative estimate of drug-likeness (QED) is 0.684. The van der Waals surface area contributed by atoms with Gasteiger partial charge in [-0.25, -0.2) is 0 Å². The predicted octanol–water partition coefficient (Wildman–Crippen LogP) is 3.07. The van der Waals surface area contributed by atoms with Crippen LogP contribution < -0.4 is 0 Å². The van der Waals surface area contributed by atoms with Crippen molar-refractivity contribution in [2.45, 2.75) is 12.8 Å². The average Bonchev–Trinajstić information content (AvgIpc) is 2.63. The fourth-order valence-electron chi connectivity index (χ4n) is 1.95. The first kappa shape index (κ1) is 12.6. The molecule has 0 aliphatic rings. The largest absolute Gasteiger partial charge is 0.383 e. The maximum Gasteiger partial charge on any atom is 0.122 e. The first-order chi connectivity index (χ1) is 8.20. The van der Waals surface area contributed by atoms with Crippen LogP contribution in [0, 0.1) is 3.57 Å². The van der Waals surface area contributed by atoms with E-state index in [1.807, 2.05) is 28.8 Å². The van der Waals surface area contributed by atoms with E-state index in [2.05, 4.69) is 29.2 Å². The van der Waals surface area contributed by atoms with Crippen LogP contribution in [0.25, 0.3) is 10.9 Å². The molecule has 1 N–H and O–H groups in total. The van der Waals surface area contributed by atoms with E-state index in [9.17, 15) is 5.11 Å². The summed E-state index contributed by atoms with van der Waals surface area (Å²) >= 11 is 2.25. The fourth-order valence-corrected chi connectivity index (χ4v) is 3.02. The highest BCUT2D eigenvalue weighted by atomic mass is 127. The third kappa shape index (κ3) is 2.12. The molecule has 17 heavy (non-hydrogen) atoms. The van der Waals surface area contributed by atoms with Gasteiger partial charge in [0.15, 0.2) is 0 Å². The smallest absolute Gasteiger partial charge is 0.122 e. The second-order valence-electron chi connectivity index (χ2n) is 3.74. The lowest BCUT2D eigenvalue weighted by Gasteiger charge is -2.12. The van der Waals surface area contributed by atoms with Gasteiger partial charge in [-0.2, -0.15) is 0 Å². The molecule has 0 aliphatic carbocycles. The molecule has 0 amide bonds. The SMILES string of the molecule is C=CC(O)c1c(I)c2ccccc2n1COC. The standard InChI is InChI=1S/C13H14INO2/c1-3-11(16)13-12(14)9-6-4-5-7-10(9)15(13)8-17-2/h3-7,11,16H,1,8H2,2H3. The van der Waals surface area contributed by atoms with Crippen LogP contribution >= 0.6 is 22.6 Å². The molecular formula is C13H14INO2. The summed E-state index contributed by atoms with van der Waals surface area (Å²) in [5, 5.41) is 11.1. The van der Waals surface area contributed by atoms with Crippen LogP contribution in [0.15, 0.2) is 36.9 Å². The van der Waals surface area contributed by atoms with E-state index in [-0.39, 0.29) is 0 Å². The van der Waals surface area contributed by atoms with Crippen molar-refractivity contribution in [2.75, 3.05) is 7.11 Å². The Hall–Kier alpha value is -0.850. The lowest BCUT2D eigenvalue weighted by atomic mass is 10.2. The molecule has 0 bridgehead atoms. The summed E-state index contributed by atoms with van der Waals surface area (Å²) in [6.45, 7) is 4.06. The summed E-state index contributed by atoms with van der Waals surface area (Å²) in [7, 11) is 1.64. The van der Waals surface area contributed by atoms with Gasteiger partial charge in [0, 0.05) is 16.1 Å². The monoisotopic (exact) mass is 343 g/mol. The van der Waals surface area contributed by atoms with Crippen molar-refractivity contribution in [2.24, 2.45) is 0 Å². The Morgan fingerprint density at radius 3 is 2.88 bits per heavy atom. The number of halogens is 1. The zero-order valence-electron chi connectivity index (χ0n) is 9.56. The number of benzene rings is 1. The molecule has 0 saturated carbocycles. The van der Waals surface area contributed by atoms with Crippen LogP contribution in [-0.2, 0) is 11.5 Å². The average molecular weight is 343 g/mol. The number of ether oxygens (including phenoxy) is 1. The van der Waals surface area contributed by atoms with Gasteiger partial charge in [-0.15, -0.1) is 6.58 Å². The number of aliphatic hydroxyl groups excluding tert-OH is 1. The van der Waals surface area contributed by atoms with Crippen molar-refractivity contribution in [1.82, 2.24) is 4.57 Å². The summed E-state index contributed by atoms with van der Waals surface area (Å²) in [6, 6.07) is 8.04. The van der Waals surface area contributed by atoms with E-state index >= 15 is 0 Å². The number of methoxy groups -OCH3 is 1. The maximum atomic E-state index is 10.0. The lowest BCUT2D eigenvalue weighted by molar-refractivity contribution is 0.123. The van der Waals surface area contributed by atoms with Crippen LogP contribution in [0.4, 0.5) is 0 Å². The Labute approximate surface area is 114 Å². The van der Waals surface area contributed by atoms with E-state index in [4.69, 9.17) is 4.74 Å². The van der Waals surface area contributed by atoms with Gasteiger partial charge in [0.05, 0.1) is 11.2 Å². The number of aromatic nitrogens is 1. The van der Waals surface area contributed by atoms with Crippen molar-refractivity contribution in [3.05, 3.63) is 46.2 Å². The molecule has 90 valence electrons. The number of rotatable bonds is 4. The zero-order valence-corrected chi connectivity index (χ0v) is 11.7. The van der Waals surface area contributed by atoms with E-state index in [0.29, 0.717) is 6.73 Å². The summed E-state index contributed by atoms with van der Waals surface area (Å²) < 4.78 is 8.22. The summed E-state index contributed by atoms with van der Waals surface area (Å²) in [4.78, 5) is 0. The van der Waals surface area contributed by atoms with Crippen LogP contribution in [0.5, 0.6) is 0 Å². The predicted molar refractivity (Wildman–Crippen MR) is 76.8 cm³/mol. The molecule has 2 rings (SSSR count). The topological polar surface area (TPSA) is 34.4 Å². The number of fused-ring (bicyclic) bond motifs is 1. The van der Waals surface area contributed by atoms with Crippen LogP contribution in [-0.4, -0.2) is 16.8 Å². The minimum atomic E-state index is -0.676. The second-order valence-corrected chi connectivity index (χ2v) is 4.82. The van der Waals surface area contributed by atoms with Crippen LogP contribution in [0.2, 0.25) is 0 Å². The number of nitrogens with zero attached hydrogens (tertiary/aromatic N) is 1. The Morgan fingerprint density at radius 1 is 1.53 bits per heavy atom. The first-order valence-corrected chi connectivity index (χ1v) is 6.34. The van der Waals surface area contributed by atoms with Crippen LogP contribution in [0.3, 0.4) is 0 Å². The molecule has 2 aromatic rings. The highest BCUT2D eigenvalue weighted by Crippen LogP contribution is 2.31. The van der Waals surface area contributed by atoms with Gasteiger partial charge in [-0.05, 0) is 28.7 Å². The summed E-state index contributed by atoms with van der Waals surface area (Å²) in [5.41, 5.74) is 1.90. The molecule has 0 spiro atoms. The Morgan fingerprint density at radius 2 is 2.24 bits per heavy atom. The molecule has 1 atom stereocenters. The maximum absolute atomic E-state index is 10.0. The molecule has 1 aromatic carbocycles. The van der Waals surface area contributed by atoms with E-state index in [1.54, 1.807) is 7.11 Å². The highest BCUT2D eigenvalue weighted by molar-refractivity contribution is 14.1. The molecular weight excluding hydrogens is 329 g/mol. The summed E-state index contributed by atoms with van der Waals surface area (Å²) in [5.74, 6) is 0. The Bertz CT molecular complexity index is 548. The Balaban J connectivity index is 2.74. The van der Waals surface area contributed by atoms with Crippen molar-refractivity contribution in [1.29, 1.82) is 0 Å². The van der Waals surface area contributed by atoms with Gasteiger partial charge in [0.25, 0.3) is 0 Å². The van der Waals surface area contributed by atoms with Gasteiger partial charge < -0.3 is 14.4 Å². The molecule has 3 nitrogen and oxygen atoms in total. The van der Waals surface area contributed by atoms with Gasteiger partial charge in [-0.1, -0.05) is 24.3 Å². The molecule has 0 fully saturated rings. The number of hydrogen-bond donors (Lipinski definition) is 1. The second kappa shape index (κ2) is 5.20. The van der Waals surface area contributed by atoms with Gasteiger partial charge in [-0.3, -0.25) is 0 Å². The van der Waals surface area contributed by atoms with E-state index in [1.165, 1.54) is 6.08 Å². The van der Waals surface area contributed by atoms with E-state index in [0.717, 1.165) is 20.2 Å². The highest BCUT2D eigenvalue weighted by Gasteiger charge is 2.19. The third-order valence-electron chi connectivity index (χ3n) is 2.71. The molecule has 1 aromatic heterocycles. The minimum absolute atomic E-state index is 0.420. The van der Waals surface area contributed by atoms with E-state index < -0.39 is 6.10 Å². The third-order valence-corrected chi connectivity index (χ3v) is 3.84. The molecule has 1 heterocycles. The zero-order chi connectivity index (χ0) is 12.4. The van der Waals surface area contributed by atoms with Crippen molar-refractivity contribution in [3.63, 3.8) is 0 Å². The molecule has 1 unspecified atom stereocenters. The van der Waals surface area contributed by atoms with Crippen molar-refractivity contribution >= 4 is 33.5 Å². The normalized spacial score (nSPS) is 12.9. The fraction of sp³-hybridized carbons (Fsp3) is 0.231. The van der Waals surface area contributed by atoms with Gasteiger partial charge in [0.1, 0.15) is 12.8 Å². The van der Waals surface area contributed by atoms with Crippen molar-refractivity contribution in [3.8, 4) is 0 Å². The molecule has 4 heteroatoms. The lowest BCUT2D eigenvalue weighted by Crippen LogP contribution is -2.08. The molecule has 0 saturated heterocycles. The van der Waals surface area contributed by atoms with Crippen molar-refractivity contribution < 1.29 is 9.84 Å². The molecule has 0 radical (unpaired) electrons.